The standard InChI is InChI=1S/C18H22N2O/c1-14-7-5-9-16(11-14)19(3)13-18(21)20(4)17-10-6-8-15(2)12-17/h5-12H,13H2,1-4H3. The van der Waals surface area contributed by atoms with Gasteiger partial charge >= 0.3 is 0 Å². The van der Waals surface area contributed by atoms with E-state index in [2.05, 4.69) is 19.1 Å². The number of carbonyl (C=O) groups is 1. The average molecular weight is 282 g/mol. The molecule has 0 atom stereocenters. The molecule has 0 aromatic heterocycles. The van der Waals surface area contributed by atoms with Crippen LogP contribution in [0.5, 0.6) is 0 Å². The van der Waals surface area contributed by atoms with Crippen molar-refractivity contribution in [1.29, 1.82) is 0 Å². The van der Waals surface area contributed by atoms with Gasteiger partial charge in [-0.1, -0.05) is 24.3 Å². The maximum Gasteiger partial charge on any atom is 0.246 e. The molecule has 0 spiro atoms. The molecule has 2 aromatic rings. The molecule has 0 aliphatic heterocycles. The molecule has 0 saturated heterocycles. The molecule has 2 rings (SSSR count). The monoisotopic (exact) mass is 282 g/mol. The molecule has 0 N–H and O–H groups in total. The molecule has 0 aliphatic carbocycles. The molecule has 1 amide bonds. The minimum absolute atomic E-state index is 0.0737. The first kappa shape index (κ1) is 15.1. The van der Waals surface area contributed by atoms with Crippen molar-refractivity contribution in [1.82, 2.24) is 0 Å². The Morgan fingerprint density at radius 3 is 2.00 bits per heavy atom. The zero-order valence-corrected chi connectivity index (χ0v) is 13.1. The molecule has 0 fully saturated rings. The fourth-order valence-electron chi connectivity index (χ4n) is 2.25. The van der Waals surface area contributed by atoms with E-state index >= 15 is 0 Å². The number of benzene rings is 2. The van der Waals surface area contributed by atoms with Crippen LogP contribution in [0.25, 0.3) is 0 Å². The van der Waals surface area contributed by atoms with Gasteiger partial charge in [0.2, 0.25) is 5.91 Å². The quantitative estimate of drug-likeness (QED) is 0.858. The summed E-state index contributed by atoms with van der Waals surface area (Å²) in [5.41, 5.74) is 4.33. The topological polar surface area (TPSA) is 23.6 Å². The lowest BCUT2D eigenvalue weighted by atomic mass is 10.2. The normalized spacial score (nSPS) is 10.3. The predicted molar refractivity (Wildman–Crippen MR) is 89.0 cm³/mol. The van der Waals surface area contributed by atoms with Crippen LogP contribution in [-0.2, 0) is 4.79 Å². The van der Waals surface area contributed by atoms with Gasteiger partial charge in [-0.25, -0.2) is 0 Å². The fourth-order valence-corrected chi connectivity index (χ4v) is 2.25. The molecule has 3 heteroatoms. The van der Waals surface area contributed by atoms with Gasteiger partial charge in [0, 0.05) is 25.5 Å². The minimum atomic E-state index is 0.0737. The Morgan fingerprint density at radius 1 is 0.905 bits per heavy atom. The minimum Gasteiger partial charge on any atom is -0.365 e. The van der Waals surface area contributed by atoms with Crippen LogP contribution in [0, 0.1) is 13.8 Å². The number of nitrogens with zero attached hydrogens (tertiary/aromatic N) is 2. The number of rotatable bonds is 4. The number of anilines is 2. The first-order valence-corrected chi connectivity index (χ1v) is 7.08. The summed E-state index contributed by atoms with van der Waals surface area (Å²) in [6, 6.07) is 16.1. The zero-order valence-electron chi connectivity index (χ0n) is 13.1. The first-order valence-electron chi connectivity index (χ1n) is 7.08. The van der Waals surface area contributed by atoms with Crippen molar-refractivity contribution in [3.63, 3.8) is 0 Å². The van der Waals surface area contributed by atoms with Gasteiger partial charge in [-0.05, 0) is 49.2 Å². The summed E-state index contributed by atoms with van der Waals surface area (Å²) in [5, 5.41) is 0. The highest BCUT2D eigenvalue weighted by atomic mass is 16.2. The number of likely N-dealkylation sites (N-methyl/N-ethyl adjacent to an activating group) is 2. The highest BCUT2D eigenvalue weighted by Gasteiger charge is 2.14. The Balaban J connectivity index is 2.07. The second-order valence-electron chi connectivity index (χ2n) is 5.49. The second-order valence-corrected chi connectivity index (χ2v) is 5.49. The Hall–Kier alpha value is -2.29. The maximum atomic E-state index is 12.4. The zero-order chi connectivity index (χ0) is 15.4. The van der Waals surface area contributed by atoms with E-state index in [0.29, 0.717) is 6.54 Å². The lowest BCUT2D eigenvalue weighted by Crippen LogP contribution is -2.36. The summed E-state index contributed by atoms with van der Waals surface area (Å²) in [4.78, 5) is 16.1. The summed E-state index contributed by atoms with van der Waals surface area (Å²) in [6.45, 7) is 4.44. The van der Waals surface area contributed by atoms with E-state index in [4.69, 9.17) is 0 Å². The van der Waals surface area contributed by atoms with Gasteiger partial charge in [-0.3, -0.25) is 4.79 Å². The van der Waals surface area contributed by atoms with Crippen molar-refractivity contribution in [2.24, 2.45) is 0 Å². The number of hydrogen-bond acceptors (Lipinski definition) is 2. The van der Waals surface area contributed by atoms with Gasteiger partial charge in [0.1, 0.15) is 0 Å². The maximum absolute atomic E-state index is 12.4. The van der Waals surface area contributed by atoms with E-state index in [0.717, 1.165) is 16.9 Å². The average Bonchev–Trinajstić information content (AvgIpc) is 2.46. The SMILES string of the molecule is Cc1cccc(N(C)CC(=O)N(C)c2cccc(C)c2)c1. The molecule has 0 radical (unpaired) electrons. The van der Waals surface area contributed by atoms with E-state index in [1.165, 1.54) is 5.56 Å². The van der Waals surface area contributed by atoms with Crippen LogP contribution in [0.3, 0.4) is 0 Å². The van der Waals surface area contributed by atoms with Crippen LogP contribution in [0.2, 0.25) is 0 Å². The second kappa shape index (κ2) is 6.44. The van der Waals surface area contributed by atoms with Gasteiger partial charge < -0.3 is 9.80 Å². The molecule has 0 unspecified atom stereocenters. The Kier molecular flexibility index (Phi) is 4.63. The van der Waals surface area contributed by atoms with Crippen LogP contribution in [-0.4, -0.2) is 26.5 Å². The smallest absolute Gasteiger partial charge is 0.246 e. The van der Waals surface area contributed by atoms with E-state index in [-0.39, 0.29) is 5.91 Å². The van der Waals surface area contributed by atoms with Crippen LogP contribution in [0.15, 0.2) is 48.5 Å². The van der Waals surface area contributed by atoms with Crippen LogP contribution in [0.1, 0.15) is 11.1 Å². The highest BCUT2D eigenvalue weighted by Crippen LogP contribution is 2.17. The number of aryl methyl sites for hydroxylation is 2. The van der Waals surface area contributed by atoms with Crippen molar-refractivity contribution in [2.45, 2.75) is 13.8 Å². The van der Waals surface area contributed by atoms with Crippen LogP contribution in [0.4, 0.5) is 11.4 Å². The third kappa shape index (κ3) is 3.85. The van der Waals surface area contributed by atoms with Gasteiger partial charge in [0.05, 0.1) is 6.54 Å². The lowest BCUT2D eigenvalue weighted by molar-refractivity contribution is -0.117. The van der Waals surface area contributed by atoms with Crippen molar-refractivity contribution in [2.75, 3.05) is 30.4 Å². The van der Waals surface area contributed by atoms with Crippen molar-refractivity contribution >= 4 is 17.3 Å². The van der Waals surface area contributed by atoms with Crippen molar-refractivity contribution in [3.05, 3.63) is 59.7 Å². The third-order valence-electron chi connectivity index (χ3n) is 3.58. The summed E-state index contributed by atoms with van der Waals surface area (Å²) < 4.78 is 0. The third-order valence-corrected chi connectivity index (χ3v) is 3.58. The fraction of sp³-hybridized carbons (Fsp3) is 0.278. The van der Waals surface area contributed by atoms with Gasteiger partial charge in [-0.2, -0.15) is 0 Å². The summed E-state index contributed by atoms with van der Waals surface area (Å²) in [6.07, 6.45) is 0. The van der Waals surface area contributed by atoms with E-state index in [9.17, 15) is 4.79 Å². The van der Waals surface area contributed by atoms with Crippen molar-refractivity contribution < 1.29 is 4.79 Å². The van der Waals surface area contributed by atoms with E-state index < -0.39 is 0 Å². The Bertz CT molecular complexity index is 637. The summed E-state index contributed by atoms with van der Waals surface area (Å²) in [5.74, 6) is 0.0737. The van der Waals surface area contributed by atoms with Crippen LogP contribution >= 0.6 is 0 Å². The number of hydrogen-bond donors (Lipinski definition) is 0. The largest absolute Gasteiger partial charge is 0.365 e. The number of amides is 1. The highest BCUT2D eigenvalue weighted by molar-refractivity contribution is 5.95. The molecular formula is C18H22N2O. The molecule has 21 heavy (non-hydrogen) atoms. The number of carbonyl (C=O) groups excluding carboxylic acids is 1. The van der Waals surface area contributed by atoms with E-state index in [1.54, 1.807) is 4.90 Å². The molecule has 3 nitrogen and oxygen atoms in total. The van der Waals surface area contributed by atoms with Crippen molar-refractivity contribution in [3.8, 4) is 0 Å². The lowest BCUT2D eigenvalue weighted by Gasteiger charge is -2.24. The Morgan fingerprint density at radius 2 is 1.43 bits per heavy atom. The van der Waals surface area contributed by atoms with Gasteiger partial charge in [0.15, 0.2) is 0 Å². The summed E-state index contributed by atoms with van der Waals surface area (Å²) >= 11 is 0. The molecule has 0 saturated carbocycles. The van der Waals surface area contributed by atoms with Gasteiger partial charge in [-0.15, -0.1) is 0 Å². The van der Waals surface area contributed by atoms with Gasteiger partial charge in [0.25, 0.3) is 0 Å². The molecule has 0 aliphatic rings. The molecule has 0 heterocycles. The molecule has 0 bridgehead atoms. The first-order chi connectivity index (χ1) is 9.97. The summed E-state index contributed by atoms with van der Waals surface area (Å²) in [7, 11) is 3.76. The Labute approximate surface area is 126 Å². The molecule has 110 valence electrons. The molecular weight excluding hydrogens is 260 g/mol. The van der Waals surface area contributed by atoms with E-state index in [1.807, 2.05) is 62.3 Å². The predicted octanol–water partition coefficient (Wildman–Crippen LogP) is 3.40. The van der Waals surface area contributed by atoms with Crippen LogP contribution < -0.4 is 9.80 Å². The molecule has 2 aromatic carbocycles.